The van der Waals surface area contributed by atoms with Crippen LogP contribution in [0.4, 0.5) is 5.13 Å². The van der Waals surface area contributed by atoms with Crippen molar-refractivity contribution in [1.82, 2.24) is 4.98 Å². The van der Waals surface area contributed by atoms with Crippen LogP contribution in [0, 0.1) is 0 Å². The van der Waals surface area contributed by atoms with Crippen molar-refractivity contribution in [2.75, 3.05) is 5.09 Å². The zero-order valence-electron chi connectivity index (χ0n) is 10.6. The molecular weight excluding hydrogens is 303 g/mol. The summed E-state index contributed by atoms with van der Waals surface area (Å²) in [5.74, 6) is 0. The largest absolute Gasteiger partial charge is 0.327 e. The fraction of sp³-hybridized carbons (Fsp3) is 0. The second-order valence-corrected chi connectivity index (χ2v) is 9.24. The Kier molecular flexibility index (Phi) is 3.97. The molecule has 2 nitrogen and oxygen atoms in total. The van der Waals surface area contributed by atoms with Crippen LogP contribution in [0.2, 0.25) is 0 Å². The van der Waals surface area contributed by atoms with Gasteiger partial charge in [-0.25, -0.2) is 4.98 Å². The van der Waals surface area contributed by atoms with Crippen molar-refractivity contribution in [3.63, 3.8) is 0 Å². The molecule has 2 aromatic carbocycles. The zero-order valence-corrected chi connectivity index (χ0v) is 13.2. The molecule has 0 saturated heterocycles. The van der Waals surface area contributed by atoms with E-state index in [9.17, 15) is 0 Å². The van der Waals surface area contributed by atoms with Gasteiger partial charge in [0.05, 0.1) is 6.19 Å². The summed E-state index contributed by atoms with van der Waals surface area (Å²) in [5.41, 5.74) is 0. The van der Waals surface area contributed by atoms with E-state index in [2.05, 4.69) is 34.3 Å². The monoisotopic (exact) mass is 316 g/mol. The second-order valence-electron chi connectivity index (χ2n) is 4.23. The molecule has 0 unspecified atom stereocenters. The van der Waals surface area contributed by atoms with Crippen molar-refractivity contribution in [3.05, 3.63) is 72.2 Å². The SMILES string of the molecule is S=P(Nc1nccs1)(c1ccccc1)c1ccccc1. The molecule has 0 radical (unpaired) electrons. The molecule has 5 heteroatoms. The minimum atomic E-state index is -2.08. The van der Waals surface area contributed by atoms with E-state index in [0.717, 1.165) is 15.7 Å². The van der Waals surface area contributed by atoms with Crippen LogP contribution in [0.5, 0.6) is 0 Å². The summed E-state index contributed by atoms with van der Waals surface area (Å²) in [6.45, 7) is 0. The van der Waals surface area contributed by atoms with Gasteiger partial charge >= 0.3 is 0 Å². The van der Waals surface area contributed by atoms with Crippen molar-refractivity contribution in [2.45, 2.75) is 0 Å². The first-order valence-corrected chi connectivity index (χ1v) is 9.86. The lowest BCUT2D eigenvalue weighted by Crippen LogP contribution is -2.21. The number of hydrogen-bond acceptors (Lipinski definition) is 3. The first-order chi connectivity index (χ1) is 9.79. The van der Waals surface area contributed by atoms with Gasteiger partial charge in [0.2, 0.25) is 0 Å². The summed E-state index contributed by atoms with van der Waals surface area (Å²) in [6.07, 6.45) is -0.287. The lowest BCUT2D eigenvalue weighted by atomic mass is 10.4. The molecule has 0 bridgehead atoms. The van der Waals surface area contributed by atoms with Crippen molar-refractivity contribution in [1.29, 1.82) is 0 Å². The number of nitrogens with one attached hydrogen (secondary N) is 1. The zero-order chi connectivity index (χ0) is 13.8. The smallest absolute Gasteiger partial charge is 0.186 e. The number of anilines is 1. The third-order valence-corrected chi connectivity index (χ3v) is 7.88. The number of benzene rings is 2. The first-order valence-electron chi connectivity index (χ1n) is 6.18. The van der Waals surface area contributed by atoms with Crippen LogP contribution in [0.1, 0.15) is 0 Å². The Labute approximate surface area is 127 Å². The quantitative estimate of drug-likeness (QED) is 0.745. The van der Waals surface area contributed by atoms with Gasteiger partial charge in [0.25, 0.3) is 0 Å². The number of rotatable bonds is 4. The van der Waals surface area contributed by atoms with Crippen molar-refractivity contribution < 1.29 is 0 Å². The Morgan fingerprint density at radius 3 is 1.90 bits per heavy atom. The lowest BCUT2D eigenvalue weighted by Gasteiger charge is -2.24. The van der Waals surface area contributed by atoms with Crippen molar-refractivity contribution in [2.24, 2.45) is 0 Å². The highest BCUT2D eigenvalue weighted by atomic mass is 32.4. The van der Waals surface area contributed by atoms with Crippen LogP contribution in [-0.2, 0) is 11.8 Å². The Morgan fingerprint density at radius 1 is 0.900 bits per heavy atom. The molecule has 0 spiro atoms. The number of thiazole rings is 1. The minimum Gasteiger partial charge on any atom is -0.327 e. The lowest BCUT2D eigenvalue weighted by molar-refractivity contribution is 1.42. The molecule has 3 aromatic rings. The molecule has 1 heterocycles. The molecule has 100 valence electrons. The number of aromatic nitrogens is 1. The van der Waals surface area contributed by atoms with Gasteiger partial charge in [-0.15, -0.1) is 11.3 Å². The highest BCUT2D eigenvalue weighted by molar-refractivity contribution is 8.22. The Morgan fingerprint density at radius 2 is 1.45 bits per heavy atom. The van der Waals surface area contributed by atoms with E-state index < -0.39 is 6.19 Å². The molecule has 0 aliphatic heterocycles. The Bertz CT molecular complexity index is 669. The summed E-state index contributed by atoms with van der Waals surface area (Å²) in [6, 6.07) is 20.5. The molecule has 3 rings (SSSR count). The van der Waals surface area contributed by atoms with E-state index in [-0.39, 0.29) is 0 Å². The van der Waals surface area contributed by atoms with Gasteiger partial charge in [-0.3, -0.25) is 0 Å². The number of nitrogens with zero attached hydrogens (tertiary/aromatic N) is 1. The molecule has 1 N–H and O–H groups in total. The first kappa shape index (κ1) is 13.5. The highest BCUT2D eigenvalue weighted by Gasteiger charge is 2.22. The van der Waals surface area contributed by atoms with Crippen LogP contribution in [0.3, 0.4) is 0 Å². The minimum absolute atomic E-state index is 0.876. The molecular formula is C15H13N2PS2. The average molecular weight is 316 g/mol. The molecule has 0 aliphatic carbocycles. The van der Waals surface area contributed by atoms with Gasteiger partial charge in [-0.1, -0.05) is 72.5 Å². The fourth-order valence-corrected chi connectivity index (χ4v) is 6.19. The van der Waals surface area contributed by atoms with Gasteiger partial charge in [-0.2, -0.15) is 0 Å². The van der Waals surface area contributed by atoms with E-state index >= 15 is 0 Å². The Balaban J connectivity index is 2.10. The average Bonchev–Trinajstić information content (AvgIpc) is 3.02. The topological polar surface area (TPSA) is 24.9 Å². The molecule has 0 atom stereocenters. The fourth-order valence-electron chi connectivity index (χ4n) is 1.97. The highest BCUT2D eigenvalue weighted by Crippen LogP contribution is 2.44. The molecule has 0 aliphatic rings. The standard InChI is InChI=1S/C15H13N2PS2/c19-18(13-7-3-1-4-8-13,14-9-5-2-6-10-14)17-15-16-11-12-20-15/h1-12H,(H,16,17,19). The third kappa shape index (κ3) is 2.68. The molecule has 1 aromatic heterocycles. The van der Waals surface area contributed by atoms with Crippen molar-refractivity contribution >= 4 is 45.1 Å². The van der Waals surface area contributed by atoms with E-state index in [0.29, 0.717) is 0 Å². The summed E-state index contributed by atoms with van der Waals surface area (Å²) >= 11 is 7.63. The summed E-state index contributed by atoms with van der Waals surface area (Å²) < 4.78 is 0. The number of hydrogen-bond donors (Lipinski definition) is 1. The predicted octanol–water partition coefficient (Wildman–Crippen LogP) is 3.60. The maximum absolute atomic E-state index is 6.05. The normalized spacial score (nSPS) is 11.2. The summed E-state index contributed by atoms with van der Waals surface area (Å²) in [4.78, 5) is 4.32. The van der Waals surface area contributed by atoms with Gasteiger partial charge in [0.15, 0.2) is 5.13 Å². The van der Waals surface area contributed by atoms with Gasteiger partial charge in [0.1, 0.15) is 0 Å². The van der Waals surface area contributed by atoms with Crippen LogP contribution in [0.25, 0.3) is 0 Å². The summed E-state index contributed by atoms with van der Waals surface area (Å²) in [7, 11) is 0. The molecule has 0 saturated carbocycles. The van der Waals surface area contributed by atoms with Crippen LogP contribution < -0.4 is 15.7 Å². The van der Waals surface area contributed by atoms with Gasteiger partial charge in [0, 0.05) is 22.2 Å². The summed E-state index contributed by atoms with van der Waals surface area (Å²) in [5, 5.41) is 8.63. The van der Waals surface area contributed by atoms with Crippen molar-refractivity contribution in [3.8, 4) is 0 Å². The second kappa shape index (κ2) is 5.88. The van der Waals surface area contributed by atoms with Gasteiger partial charge < -0.3 is 5.09 Å². The molecule has 0 fully saturated rings. The maximum Gasteiger partial charge on any atom is 0.186 e. The van der Waals surface area contributed by atoms with E-state index in [4.69, 9.17) is 11.8 Å². The van der Waals surface area contributed by atoms with E-state index in [1.165, 1.54) is 0 Å². The molecule has 20 heavy (non-hydrogen) atoms. The third-order valence-electron chi connectivity index (χ3n) is 2.93. The Hall–Kier alpha value is -1.48. The van der Waals surface area contributed by atoms with Crippen LogP contribution >= 0.6 is 17.5 Å². The van der Waals surface area contributed by atoms with E-state index in [1.54, 1.807) is 17.5 Å². The van der Waals surface area contributed by atoms with E-state index in [1.807, 2.05) is 41.8 Å². The molecule has 0 amide bonds. The van der Waals surface area contributed by atoms with Crippen LogP contribution in [-0.4, -0.2) is 4.98 Å². The van der Waals surface area contributed by atoms with Gasteiger partial charge in [-0.05, 0) is 0 Å². The maximum atomic E-state index is 6.05. The van der Waals surface area contributed by atoms with Crippen LogP contribution in [0.15, 0.2) is 72.2 Å². The predicted molar refractivity (Wildman–Crippen MR) is 92.2 cm³/mol.